The molecule has 6 nitrogen and oxygen atoms in total. The van der Waals surface area contributed by atoms with Crippen molar-refractivity contribution in [2.24, 2.45) is 4.99 Å². The predicted molar refractivity (Wildman–Crippen MR) is 115 cm³/mol. The van der Waals surface area contributed by atoms with Gasteiger partial charge in [0.05, 0.1) is 17.5 Å². The van der Waals surface area contributed by atoms with Crippen LogP contribution in [0.3, 0.4) is 0 Å². The minimum absolute atomic E-state index is 0.0820. The van der Waals surface area contributed by atoms with Crippen LogP contribution in [-0.2, 0) is 9.84 Å². The molecule has 4 rings (SSSR count). The molecule has 2 aliphatic heterocycles. The summed E-state index contributed by atoms with van der Waals surface area (Å²) < 4.78 is 24.3. The molecular weight excluding hydrogens is 394 g/mol. The van der Waals surface area contributed by atoms with Gasteiger partial charge in [-0.05, 0) is 36.4 Å². The van der Waals surface area contributed by atoms with Crippen LogP contribution in [0.4, 0.5) is 11.4 Å². The van der Waals surface area contributed by atoms with Gasteiger partial charge in [0, 0.05) is 36.3 Å². The molecule has 0 N–H and O–H groups in total. The molecule has 2 heterocycles. The smallest absolute Gasteiger partial charge is 0.279 e. The summed E-state index contributed by atoms with van der Waals surface area (Å²) in [5, 5.41) is 0.456. The molecule has 1 amide bonds. The van der Waals surface area contributed by atoms with Crippen LogP contribution in [0, 0.1) is 0 Å². The summed E-state index contributed by atoms with van der Waals surface area (Å²) in [6.45, 7) is 0. The first-order valence-electron chi connectivity index (χ1n) is 8.96. The minimum atomic E-state index is -3.08. The van der Waals surface area contributed by atoms with Crippen LogP contribution in [0.5, 0.6) is 0 Å². The summed E-state index contributed by atoms with van der Waals surface area (Å²) in [4.78, 5) is 20.9. The van der Waals surface area contributed by atoms with E-state index in [0.717, 1.165) is 11.4 Å². The highest BCUT2D eigenvalue weighted by atomic mass is 32.2. The second-order valence-corrected chi connectivity index (χ2v) is 10.5. The van der Waals surface area contributed by atoms with E-state index in [4.69, 9.17) is 0 Å². The third kappa shape index (κ3) is 3.66. The van der Waals surface area contributed by atoms with Gasteiger partial charge in [-0.2, -0.15) is 4.99 Å². The molecule has 0 bridgehead atoms. The van der Waals surface area contributed by atoms with E-state index in [-0.39, 0.29) is 28.7 Å². The lowest BCUT2D eigenvalue weighted by Crippen LogP contribution is -2.37. The highest BCUT2D eigenvalue weighted by molar-refractivity contribution is 8.16. The summed E-state index contributed by atoms with van der Waals surface area (Å²) in [6.07, 6.45) is 0. The van der Waals surface area contributed by atoms with Gasteiger partial charge in [-0.3, -0.25) is 4.79 Å². The number of aliphatic imine (C=N–C) groups is 1. The SMILES string of the molecule is CN(C)c1ccc(N2C(=NC(=O)c3ccccc3)S[C@H]3CS(=O)(=O)C[C@@H]32)cc1. The van der Waals surface area contributed by atoms with Crippen molar-refractivity contribution in [1.82, 2.24) is 0 Å². The van der Waals surface area contributed by atoms with E-state index in [9.17, 15) is 13.2 Å². The van der Waals surface area contributed by atoms with E-state index in [1.54, 1.807) is 24.3 Å². The minimum Gasteiger partial charge on any atom is -0.378 e. The summed E-state index contributed by atoms with van der Waals surface area (Å²) >= 11 is 1.39. The first-order chi connectivity index (χ1) is 13.3. The molecule has 0 unspecified atom stereocenters. The third-order valence-corrected chi connectivity index (χ3v) is 8.14. The normalized spacial score (nSPS) is 24.4. The number of anilines is 2. The van der Waals surface area contributed by atoms with Crippen LogP contribution in [0.2, 0.25) is 0 Å². The van der Waals surface area contributed by atoms with E-state index in [1.165, 1.54) is 11.8 Å². The number of thioether (sulfide) groups is 1. The molecule has 0 spiro atoms. The topological polar surface area (TPSA) is 70.0 Å². The number of hydrogen-bond acceptors (Lipinski definition) is 5. The van der Waals surface area contributed by atoms with Gasteiger partial charge in [0.25, 0.3) is 5.91 Å². The lowest BCUT2D eigenvalue weighted by molar-refractivity contribution is 0.100. The Bertz CT molecular complexity index is 1020. The van der Waals surface area contributed by atoms with Gasteiger partial charge in [-0.1, -0.05) is 30.0 Å². The van der Waals surface area contributed by atoms with E-state index in [2.05, 4.69) is 4.99 Å². The highest BCUT2D eigenvalue weighted by Crippen LogP contribution is 2.41. The molecule has 28 heavy (non-hydrogen) atoms. The van der Waals surface area contributed by atoms with Crippen molar-refractivity contribution >= 4 is 44.0 Å². The van der Waals surface area contributed by atoms with Crippen LogP contribution >= 0.6 is 11.8 Å². The molecule has 146 valence electrons. The fourth-order valence-electron chi connectivity index (χ4n) is 3.51. The van der Waals surface area contributed by atoms with Gasteiger partial charge in [0.1, 0.15) is 0 Å². The Morgan fingerprint density at radius 3 is 2.39 bits per heavy atom. The Kier molecular flexibility index (Phi) is 4.93. The Hall–Kier alpha value is -2.32. The average molecular weight is 416 g/mol. The zero-order chi connectivity index (χ0) is 19.9. The van der Waals surface area contributed by atoms with Gasteiger partial charge < -0.3 is 9.80 Å². The number of amidine groups is 1. The fraction of sp³-hybridized carbons (Fsp3) is 0.300. The number of rotatable bonds is 3. The van der Waals surface area contributed by atoms with Gasteiger partial charge in [0.2, 0.25) is 0 Å². The maximum absolute atomic E-state index is 12.6. The van der Waals surface area contributed by atoms with Crippen molar-refractivity contribution in [3.63, 3.8) is 0 Å². The van der Waals surface area contributed by atoms with Crippen molar-refractivity contribution in [3.8, 4) is 0 Å². The zero-order valence-electron chi connectivity index (χ0n) is 15.6. The lowest BCUT2D eigenvalue weighted by Gasteiger charge is -2.25. The maximum atomic E-state index is 12.6. The van der Waals surface area contributed by atoms with E-state index in [0.29, 0.717) is 10.7 Å². The maximum Gasteiger partial charge on any atom is 0.279 e. The Morgan fingerprint density at radius 2 is 1.75 bits per heavy atom. The number of amides is 1. The predicted octanol–water partition coefficient (Wildman–Crippen LogP) is 2.67. The molecule has 2 aromatic rings. The third-order valence-electron chi connectivity index (χ3n) is 4.93. The van der Waals surface area contributed by atoms with E-state index < -0.39 is 9.84 Å². The molecule has 2 aromatic carbocycles. The molecule has 2 atom stereocenters. The van der Waals surface area contributed by atoms with Gasteiger partial charge in [-0.15, -0.1) is 0 Å². The largest absolute Gasteiger partial charge is 0.378 e. The first-order valence-corrected chi connectivity index (χ1v) is 11.7. The van der Waals surface area contributed by atoms with E-state index in [1.807, 2.05) is 54.2 Å². The van der Waals surface area contributed by atoms with Crippen molar-refractivity contribution < 1.29 is 13.2 Å². The van der Waals surface area contributed by atoms with Crippen molar-refractivity contribution in [1.29, 1.82) is 0 Å². The molecule has 0 saturated carbocycles. The second-order valence-electron chi connectivity index (χ2n) is 7.15. The summed E-state index contributed by atoms with van der Waals surface area (Å²) in [7, 11) is 0.845. The van der Waals surface area contributed by atoms with Gasteiger partial charge in [0.15, 0.2) is 15.0 Å². The molecule has 0 aliphatic carbocycles. The summed E-state index contributed by atoms with van der Waals surface area (Å²) in [5.41, 5.74) is 2.41. The average Bonchev–Trinajstić information content (AvgIpc) is 3.13. The Balaban J connectivity index is 1.71. The number of fused-ring (bicyclic) bond motifs is 1. The standard InChI is InChI=1S/C20H21N3O3S2/c1-22(2)15-8-10-16(11-9-15)23-17-12-28(25,26)13-18(17)27-20(23)21-19(24)14-6-4-3-5-7-14/h3-11,17-18H,12-13H2,1-2H3/t17-,18-/m0/s1. The number of sulfone groups is 1. The number of benzene rings is 2. The van der Waals surface area contributed by atoms with Crippen LogP contribution in [0.1, 0.15) is 10.4 Å². The summed E-state index contributed by atoms with van der Waals surface area (Å²) in [6, 6.07) is 16.6. The van der Waals surface area contributed by atoms with Crippen molar-refractivity contribution in [3.05, 3.63) is 60.2 Å². The monoisotopic (exact) mass is 415 g/mol. The number of carbonyl (C=O) groups is 1. The quantitative estimate of drug-likeness (QED) is 0.768. The first kappa shape index (κ1) is 19.0. The Labute approximate surface area is 169 Å². The van der Waals surface area contributed by atoms with Crippen LogP contribution in [0.15, 0.2) is 59.6 Å². The number of nitrogens with zero attached hydrogens (tertiary/aromatic N) is 3. The second kappa shape index (κ2) is 7.25. The Morgan fingerprint density at radius 1 is 1.07 bits per heavy atom. The zero-order valence-corrected chi connectivity index (χ0v) is 17.3. The van der Waals surface area contributed by atoms with Crippen molar-refractivity contribution in [2.45, 2.75) is 11.3 Å². The van der Waals surface area contributed by atoms with Crippen LogP contribution in [-0.4, -0.2) is 56.4 Å². The molecule has 2 saturated heterocycles. The van der Waals surface area contributed by atoms with Crippen LogP contribution in [0.25, 0.3) is 0 Å². The van der Waals surface area contributed by atoms with Gasteiger partial charge in [-0.25, -0.2) is 8.42 Å². The molecular formula is C20H21N3O3S2. The van der Waals surface area contributed by atoms with Gasteiger partial charge >= 0.3 is 0 Å². The molecule has 0 aromatic heterocycles. The van der Waals surface area contributed by atoms with Crippen molar-refractivity contribution in [2.75, 3.05) is 35.4 Å². The fourth-order valence-corrected chi connectivity index (χ4v) is 7.42. The molecule has 2 fully saturated rings. The molecule has 0 radical (unpaired) electrons. The molecule has 8 heteroatoms. The molecule has 2 aliphatic rings. The summed E-state index contributed by atoms with van der Waals surface area (Å²) in [5.74, 6) is -0.118. The van der Waals surface area contributed by atoms with Crippen LogP contribution < -0.4 is 9.80 Å². The highest BCUT2D eigenvalue weighted by Gasteiger charge is 2.49. The number of hydrogen-bond donors (Lipinski definition) is 0. The lowest BCUT2D eigenvalue weighted by atomic mass is 10.2. The number of carbonyl (C=O) groups excluding carboxylic acids is 1. The van der Waals surface area contributed by atoms with E-state index >= 15 is 0 Å².